The molecule has 1 heterocycles. The minimum atomic E-state index is -0.392. The molecule has 0 spiro atoms. The zero-order chi connectivity index (χ0) is 22.3. The molecular weight excluding hydrogens is 406 g/mol. The van der Waals surface area contributed by atoms with E-state index in [1.807, 2.05) is 0 Å². The highest BCUT2D eigenvalue weighted by atomic mass is 16.5. The highest BCUT2D eigenvalue weighted by molar-refractivity contribution is 6.08. The van der Waals surface area contributed by atoms with E-state index in [0.717, 1.165) is 0 Å². The SMILES string of the molecule is Nc1ccccc1Oc1ccccc1C(=O)COc1ccccc1C(=O)c1ncccn1. The quantitative estimate of drug-likeness (QED) is 0.331. The molecule has 0 saturated heterocycles. The Bertz CT molecular complexity index is 1260. The summed E-state index contributed by atoms with van der Waals surface area (Å²) < 4.78 is 11.6. The predicted molar refractivity (Wildman–Crippen MR) is 119 cm³/mol. The van der Waals surface area contributed by atoms with Gasteiger partial charge in [0.15, 0.2) is 6.61 Å². The van der Waals surface area contributed by atoms with Gasteiger partial charge in [0, 0.05) is 12.4 Å². The molecule has 32 heavy (non-hydrogen) atoms. The molecule has 0 saturated carbocycles. The maximum Gasteiger partial charge on any atom is 0.233 e. The summed E-state index contributed by atoms with van der Waals surface area (Å²) >= 11 is 0. The lowest BCUT2D eigenvalue weighted by Gasteiger charge is -2.13. The third-order valence-electron chi connectivity index (χ3n) is 4.59. The monoisotopic (exact) mass is 425 g/mol. The number of hydrogen-bond acceptors (Lipinski definition) is 7. The molecule has 0 amide bonds. The van der Waals surface area contributed by atoms with Crippen LogP contribution in [-0.4, -0.2) is 28.1 Å². The molecule has 4 rings (SSSR count). The normalized spacial score (nSPS) is 10.4. The Morgan fingerprint density at radius 2 is 1.31 bits per heavy atom. The zero-order valence-corrected chi connectivity index (χ0v) is 17.0. The summed E-state index contributed by atoms with van der Waals surface area (Å²) in [6, 6.07) is 22.1. The Morgan fingerprint density at radius 1 is 0.719 bits per heavy atom. The van der Waals surface area contributed by atoms with Gasteiger partial charge in [-0.3, -0.25) is 9.59 Å². The van der Waals surface area contributed by atoms with Gasteiger partial charge in [-0.15, -0.1) is 0 Å². The first kappa shape index (κ1) is 20.7. The van der Waals surface area contributed by atoms with Crippen LogP contribution in [0.25, 0.3) is 0 Å². The summed E-state index contributed by atoms with van der Waals surface area (Å²) in [6.45, 7) is -0.287. The molecule has 3 aromatic carbocycles. The third-order valence-corrected chi connectivity index (χ3v) is 4.59. The molecule has 0 fully saturated rings. The van der Waals surface area contributed by atoms with Crippen molar-refractivity contribution in [2.24, 2.45) is 0 Å². The lowest BCUT2D eigenvalue weighted by atomic mass is 10.1. The largest absolute Gasteiger partial charge is 0.485 e. The predicted octanol–water partition coefficient (Wildman–Crippen LogP) is 4.34. The minimum absolute atomic E-state index is 0.0501. The van der Waals surface area contributed by atoms with Crippen molar-refractivity contribution >= 4 is 17.3 Å². The van der Waals surface area contributed by atoms with Gasteiger partial charge in [-0.05, 0) is 42.5 Å². The molecule has 4 aromatic rings. The smallest absolute Gasteiger partial charge is 0.233 e. The average Bonchev–Trinajstić information content (AvgIpc) is 2.84. The number of nitrogens with two attached hydrogens (primary N) is 1. The van der Waals surface area contributed by atoms with Crippen LogP contribution in [0.1, 0.15) is 26.5 Å². The van der Waals surface area contributed by atoms with E-state index >= 15 is 0 Å². The lowest BCUT2D eigenvalue weighted by Crippen LogP contribution is -2.15. The molecule has 0 unspecified atom stereocenters. The highest BCUT2D eigenvalue weighted by Crippen LogP contribution is 2.30. The first-order valence-corrected chi connectivity index (χ1v) is 9.81. The number of ketones is 2. The van der Waals surface area contributed by atoms with Crippen LogP contribution in [0, 0.1) is 0 Å². The summed E-state index contributed by atoms with van der Waals surface area (Å²) in [7, 11) is 0. The minimum Gasteiger partial charge on any atom is -0.485 e. The number of benzene rings is 3. The average molecular weight is 425 g/mol. The van der Waals surface area contributed by atoms with Gasteiger partial charge in [0.25, 0.3) is 0 Å². The van der Waals surface area contributed by atoms with E-state index < -0.39 is 5.78 Å². The van der Waals surface area contributed by atoms with Gasteiger partial charge in [-0.2, -0.15) is 0 Å². The van der Waals surface area contributed by atoms with Crippen LogP contribution in [0.2, 0.25) is 0 Å². The van der Waals surface area contributed by atoms with Gasteiger partial charge in [0.2, 0.25) is 17.4 Å². The summed E-state index contributed by atoms with van der Waals surface area (Å²) in [5.74, 6) is 0.428. The molecule has 158 valence electrons. The van der Waals surface area contributed by atoms with Crippen LogP contribution in [0.5, 0.6) is 17.2 Å². The van der Waals surface area contributed by atoms with E-state index in [-0.39, 0.29) is 29.5 Å². The van der Waals surface area contributed by atoms with Crippen LogP contribution < -0.4 is 15.2 Å². The molecule has 0 aliphatic rings. The van der Waals surface area contributed by atoms with Crippen molar-refractivity contribution in [1.82, 2.24) is 9.97 Å². The van der Waals surface area contributed by atoms with Crippen molar-refractivity contribution in [3.05, 3.63) is 108 Å². The fraction of sp³-hybridized carbons (Fsp3) is 0.0400. The van der Waals surface area contributed by atoms with E-state index in [4.69, 9.17) is 15.2 Å². The fourth-order valence-corrected chi connectivity index (χ4v) is 3.02. The van der Waals surface area contributed by atoms with Crippen LogP contribution in [-0.2, 0) is 0 Å². The molecule has 1 aromatic heterocycles. The Kier molecular flexibility index (Phi) is 6.17. The number of carbonyl (C=O) groups is 2. The summed E-state index contributed by atoms with van der Waals surface area (Å²) in [5, 5.41) is 0. The van der Waals surface area contributed by atoms with E-state index in [0.29, 0.717) is 22.7 Å². The summed E-state index contributed by atoms with van der Waals surface area (Å²) in [5.41, 5.74) is 7.02. The van der Waals surface area contributed by atoms with Gasteiger partial charge in [0.05, 0.1) is 16.8 Å². The number of nitrogens with zero attached hydrogens (tertiary/aromatic N) is 2. The van der Waals surface area contributed by atoms with E-state index in [9.17, 15) is 9.59 Å². The van der Waals surface area contributed by atoms with Crippen LogP contribution in [0.4, 0.5) is 5.69 Å². The first-order chi connectivity index (χ1) is 15.6. The lowest BCUT2D eigenvalue weighted by molar-refractivity contribution is 0.0912. The zero-order valence-electron chi connectivity index (χ0n) is 17.0. The second kappa shape index (κ2) is 9.53. The summed E-state index contributed by atoms with van der Waals surface area (Å²) in [6.07, 6.45) is 2.98. The van der Waals surface area contributed by atoms with Crippen molar-refractivity contribution < 1.29 is 19.1 Å². The van der Waals surface area contributed by atoms with Crippen LogP contribution in [0.15, 0.2) is 91.3 Å². The Hall–Kier alpha value is -4.52. The molecule has 0 radical (unpaired) electrons. The number of para-hydroxylation sites is 4. The van der Waals surface area contributed by atoms with Gasteiger partial charge in [-0.25, -0.2) is 9.97 Å². The second-order valence-corrected chi connectivity index (χ2v) is 6.75. The molecule has 2 N–H and O–H groups in total. The maximum atomic E-state index is 12.9. The van der Waals surface area contributed by atoms with Gasteiger partial charge in [-0.1, -0.05) is 36.4 Å². The number of carbonyl (C=O) groups excluding carboxylic acids is 2. The van der Waals surface area contributed by atoms with E-state index in [2.05, 4.69) is 9.97 Å². The summed E-state index contributed by atoms with van der Waals surface area (Å²) in [4.78, 5) is 33.6. The van der Waals surface area contributed by atoms with Crippen molar-refractivity contribution in [3.8, 4) is 17.2 Å². The van der Waals surface area contributed by atoms with Gasteiger partial charge < -0.3 is 15.2 Å². The Morgan fingerprint density at radius 3 is 2.03 bits per heavy atom. The molecule has 0 bridgehead atoms. The maximum absolute atomic E-state index is 12.9. The number of anilines is 1. The fourth-order valence-electron chi connectivity index (χ4n) is 3.02. The molecule has 0 atom stereocenters. The third kappa shape index (κ3) is 4.62. The van der Waals surface area contributed by atoms with E-state index in [1.165, 1.54) is 12.4 Å². The van der Waals surface area contributed by atoms with Gasteiger partial charge in [0.1, 0.15) is 17.2 Å². The van der Waals surface area contributed by atoms with Crippen LogP contribution in [0.3, 0.4) is 0 Å². The Labute approximate surface area is 184 Å². The molecule has 7 nitrogen and oxygen atoms in total. The highest BCUT2D eigenvalue weighted by Gasteiger charge is 2.19. The topological polar surface area (TPSA) is 104 Å². The number of ether oxygens (including phenoxy) is 2. The second-order valence-electron chi connectivity index (χ2n) is 6.75. The number of rotatable bonds is 8. The number of Topliss-reactive ketones (excluding diaryl/α,β-unsaturated/α-hetero) is 1. The van der Waals surface area contributed by atoms with Crippen molar-refractivity contribution in [2.75, 3.05) is 12.3 Å². The number of nitrogen functional groups attached to an aromatic ring is 1. The standard InChI is InChI=1S/C25H19N3O4/c26-19-10-3-6-13-23(19)32-22-12-5-1-8-17(22)20(29)16-31-21-11-4-2-9-18(21)24(30)25-27-14-7-15-28-25/h1-15H,16,26H2. The number of hydrogen-bond donors (Lipinski definition) is 1. The number of aromatic nitrogens is 2. The molecule has 0 aliphatic heterocycles. The first-order valence-electron chi connectivity index (χ1n) is 9.81. The van der Waals surface area contributed by atoms with Crippen molar-refractivity contribution in [3.63, 3.8) is 0 Å². The van der Waals surface area contributed by atoms with Crippen molar-refractivity contribution in [1.29, 1.82) is 0 Å². The molecule has 0 aliphatic carbocycles. The van der Waals surface area contributed by atoms with Crippen LogP contribution >= 0.6 is 0 Å². The molecular formula is C25H19N3O4. The molecule has 7 heteroatoms. The van der Waals surface area contributed by atoms with E-state index in [1.54, 1.807) is 78.9 Å². The van der Waals surface area contributed by atoms with Crippen molar-refractivity contribution in [2.45, 2.75) is 0 Å². The Balaban J connectivity index is 1.52. The van der Waals surface area contributed by atoms with Gasteiger partial charge >= 0.3 is 0 Å².